The van der Waals surface area contributed by atoms with E-state index in [1.54, 1.807) is 4.90 Å². The molecule has 6 heteroatoms. The number of nitrogens with zero attached hydrogens (tertiary/aromatic N) is 1. The van der Waals surface area contributed by atoms with Gasteiger partial charge in [0.15, 0.2) is 0 Å². The molecule has 1 aliphatic heterocycles. The zero-order chi connectivity index (χ0) is 14.5. The summed E-state index contributed by atoms with van der Waals surface area (Å²) in [7, 11) is 0. The van der Waals surface area contributed by atoms with E-state index in [0.29, 0.717) is 6.42 Å². The van der Waals surface area contributed by atoms with E-state index in [4.69, 9.17) is 5.73 Å². The second-order valence-electron chi connectivity index (χ2n) is 6.12. The van der Waals surface area contributed by atoms with Crippen molar-refractivity contribution < 1.29 is 9.59 Å². The van der Waals surface area contributed by atoms with Gasteiger partial charge in [0, 0.05) is 25.0 Å². The Morgan fingerprint density at radius 2 is 1.86 bits per heavy atom. The quantitative estimate of drug-likeness (QED) is 0.826. The van der Waals surface area contributed by atoms with Gasteiger partial charge in [-0.15, -0.1) is 12.4 Å². The van der Waals surface area contributed by atoms with Crippen molar-refractivity contribution in [1.29, 1.82) is 0 Å². The van der Waals surface area contributed by atoms with Gasteiger partial charge in [0.1, 0.15) is 6.04 Å². The number of rotatable bonds is 4. The van der Waals surface area contributed by atoms with Crippen molar-refractivity contribution >= 4 is 24.2 Å². The molecule has 1 unspecified atom stereocenters. The average molecular weight is 318 g/mol. The van der Waals surface area contributed by atoms with Crippen LogP contribution in [0.1, 0.15) is 58.3 Å². The maximum Gasteiger partial charge on any atom is 0.243 e. The molecule has 2 aliphatic rings. The van der Waals surface area contributed by atoms with Crippen LogP contribution in [0.2, 0.25) is 0 Å². The zero-order valence-electron chi connectivity index (χ0n) is 12.8. The average Bonchev–Trinajstić information content (AvgIpc) is 2.91. The van der Waals surface area contributed by atoms with Gasteiger partial charge >= 0.3 is 0 Å². The number of hydrogen-bond acceptors (Lipinski definition) is 3. The number of halogens is 1. The van der Waals surface area contributed by atoms with Crippen LogP contribution in [0.5, 0.6) is 0 Å². The van der Waals surface area contributed by atoms with Crippen LogP contribution < -0.4 is 11.1 Å². The summed E-state index contributed by atoms with van der Waals surface area (Å²) in [6, 6.07) is 0.285. The van der Waals surface area contributed by atoms with Gasteiger partial charge < -0.3 is 16.0 Å². The predicted octanol–water partition coefficient (Wildman–Crippen LogP) is 1.59. The molecule has 0 bridgehead atoms. The van der Waals surface area contributed by atoms with Crippen molar-refractivity contribution in [3.05, 3.63) is 0 Å². The Hall–Kier alpha value is -0.810. The van der Waals surface area contributed by atoms with E-state index in [-0.39, 0.29) is 42.3 Å². The second kappa shape index (κ2) is 8.59. The highest BCUT2D eigenvalue weighted by Crippen LogP contribution is 2.21. The summed E-state index contributed by atoms with van der Waals surface area (Å²) in [5.41, 5.74) is 5.88. The molecule has 1 saturated carbocycles. The fraction of sp³-hybridized carbons (Fsp3) is 0.867. The highest BCUT2D eigenvalue weighted by molar-refractivity contribution is 5.88. The minimum Gasteiger partial charge on any atom is -0.352 e. The number of nitrogens with two attached hydrogens (primary N) is 1. The lowest BCUT2D eigenvalue weighted by atomic mass is 9.91. The molecule has 3 N–H and O–H groups in total. The Labute approximate surface area is 133 Å². The molecule has 0 radical (unpaired) electrons. The largest absolute Gasteiger partial charge is 0.352 e. The predicted molar refractivity (Wildman–Crippen MR) is 85.3 cm³/mol. The van der Waals surface area contributed by atoms with Crippen LogP contribution in [0.4, 0.5) is 0 Å². The Kier molecular flexibility index (Phi) is 7.46. The van der Waals surface area contributed by atoms with Crippen LogP contribution in [0.3, 0.4) is 0 Å². The Morgan fingerprint density at radius 3 is 2.48 bits per heavy atom. The molecular weight excluding hydrogens is 290 g/mol. The summed E-state index contributed by atoms with van der Waals surface area (Å²) in [5.74, 6) is 0.156. The van der Waals surface area contributed by atoms with Crippen molar-refractivity contribution in [2.45, 2.75) is 76.4 Å². The Bertz CT molecular complexity index is 357. The monoisotopic (exact) mass is 317 g/mol. The first-order chi connectivity index (χ1) is 9.61. The Balaban J connectivity index is 0.00000220. The van der Waals surface area contributed by atoms with Crippen LogP contribution in [0, 0.1) is 0 Å². The number of carbonyl (C=O) groups excluding carboxylic acids is 2. The van der Waals surface area contributed by atoms with Crippen LogP contribution in [-0.2, 0) is 9.59 Å². The van der Waals surface area contributed by atoms with Crippen molar-refractivity contribution in [2.75, 3.05) is 6.54 Å². The van der Waals surface area contributed by atoms with Crippen molar-refractivity contribution in [2.24, 2.45) is 5.73 Å². The van der Waals surface area contributed by atoms with Gasteiger partial charge in [-0.25, -0.2) is 0 Å². The highest BCUT2D eigenvalue weighted by Gasteiger charge is 2.34. The number of carbonyl (C=O) groups is 2. The topological polar surface area (TPSA) is 75.4 Å². The first kappa shape index (κ1) is 18.2. The van der Waals surface area contributed by atoms with Gasteiger partial charge in [-0.2, -0.15) is 0 Å². The number of amides is 2. The molecule has 0 aromatic heterocycles. The normalized spacial score (nSPS) is 28.9. The third-order valence-electron chi connectivity index (χ3n) is 4.46. The van der Waals surface area contributed by atoms with Gasteiger partial charge in [-0.1, -0.05) is 6.92 Å². The molecule has 122 valence electrons. The number of likely N-dealkylation sites (tertiary alicyclic amines) is 1. The fourth-order valence-electron chi connectivity index (χ4n) is 3.26. The van der Waals surface area contributed by atoms with E-state index in [9.17, 15) is 9.59 Å². The molecule has 1 heterocycles. The molecule has 21 heavy (non-hydrogen) atoms. The molecule has 2 fully saturated rings. The van der Waals surface area contributed by atoms with E-state index < -0.39 is 0 Å². The smallest absolute Gasteiger partial charge is 0.243 e. The molecule has 2 rings (SSSR count). The summed E-state index contributed by atoms with van der Waals surface area (Å²) < 4.78 is 0. The fourth-order valence-corrected chi connectivity index (χ4v) is 3.26. The molecule has 1 saturated heterocycles. The summed E-state index contributed by atoms with van der Waals surface area (Å²) in [4.78, 5) is 26.2. The third kappa shape index (κ3) is 4.85. The van der Waals surface area contributed by atoms with Gasteiger partial charge in [0.25, 0.3) is 0 Å². The number of nitrogens with one attached hydrogen (secondary N) is 1. The molecule has 1 aliphatic carbocycles. The van der Waals surface area contributed by atoms with Crippen molar-refractivity contribution in [3.8, 4) is 0 Å². The first-order valence-corrected chi connectivity index (χ1v) is 7.97. The summed E-state index contributed by atoms with van der Waals surface area (Å²) in [6.07, 6.45) is 7.00. The SMILES string of the molecule is CCCC(=O)N1CCCC1C(=O)NC1CCC(N)CC1.Cl. The molecule has 0 spiro atoms. The van der Waals surface area contributed by atoms with E-state index in [0.717, 1.165) is 51.5 Å². The highest BCUT2D eigenvalue weighted by atomic mass is 35.5. The van der Waals surface area contributed by atoms with Crippen LogP contribution >= 0.6 is 12.4 Å². The van der Waals surface area contributed by atoms with Crippen molar-refractivity contribution in [3.63, 3.8) is 0 Å². The maximum atomic E-state index is 12.4. The maximum absolute atomic E-state index is 12.4. The lowest BCUT2D eigenvalue weighted by Gasteiger charge is -2.30. The minimum absolute atomic E-state index is 0. The molecule has 2 amide bonds. The summed E-state index contributed by atoms with van der Waals surface area (Å²) in [6.45, 7) is 2.72. The van der Waals surface area contributed by atoms with Crippen LogP contribution in [-0.4, -0.2) is 41.4 Å². The lowest BCUT2D eigenvalue weighted by molar-refractivity contribution is -0.138. The first-order valence-electron chi connectivity index (χ1n) is 7.97. The third-order valence-corrected chi connectivity index (χ3v) is 4.46. The van der Waals surface area contributed by atoms with Gasteiger partial charge in [-0.05, 0) is 44.9 Å². The van der Waals surface area contributed by atoms with Crippen LogP contribution in [0.25, 0.3) is 0 Å². The number of hydrogen-bond donors (Lipinski definition) is 2. The van der Waals surface area contributed by atoms with E-state index in [1.807, 2.05) is 6.92 Å². The van der Waals surface area contributed by atoms with Gasteiger partial charge in [0.05, 0.1) is 0 Å². The molecule has 0 aromatic carbocycles. The van der Waals surface area contributed by atoms with Gasteiger partial charge in [0.2, 0.25) is 11.8 Å². The summed E-state index contributed by atoms with van der Waals surface area (Å²) in [5, 5.41) is 3.12. The van der Waals surface area contributed by atoms with E-state index in [2.05, 4.69) is 5.32 Å². The molecular formula is C15H28ClN3O2. The molecule has 0 aromatic rings. The minimum atomic E-state index is -0.246. The second-order valence-corrected chi connectivity index (χ2v) is 6.12. The lowest BCUT2D eigenvalue weighted by Crippen LogP contribution is -2.50. The van der Waals surface area contributed by atoms with E-state index in [1.165, 1.54) is 0 Å². The van der Waals surface area contributed by atoms with Crippen LogP contribution in [0.15, 0.2) is 0 Å². The molecule has 5 nitrogen and oxygen atoms in total. The Morgan fingerprint density at radius 1 is 1.19 bits per heavy atom. The van der Waals surface area contributed by atoms with Gasteiger partial charge in [-0.3, -0.25) is 9.59 Å². The van der Waals surface area contributed by atoms with Crippen molar-refractivity contribution in [1.82, 2.24) is 10.2 Å². The molecule has 1 atom stereocenters. The standard InChI is InChI=1S/C15H27N3O2.ClH/c1-2-4-14(19)18-10-3-5-13(18)15(20)17-12-8-6-11(16)7-9-12;/h11-13H,2-10,16H2,1H3,(H,17,20);1H. The summed E-state index contributed by atoms with van der Waals surface area (Å²) >= 11 is 0. The zero-order valence-corrected chi connectivity index (χ0v) is 13.7. The van der Waals surface area contributed by atoms with E-state index >= 15 is 0 Å².